The quantitative estimate of drug-likeness (QED) is 0.579. The van der Waals surface area contributed by atoms with E-state index in [4.69, 9.17) is 20.5 Å². The van der Waals surface area contributed by atoms with Crippen molar-refractivity contribution in [3.63, 3.8) is 0 Å². The molecule has 24 heavy (non-hydrogen) atoms. The number of ether oxygens (including phenoxy) is 1. The topological polar surface area (TPSA) is 81.7 Å². The van der Waals surface area contributed by atoms with E-state index in [1.807, 2.05) is 12.1 Å². The SMILES string of the molecule is CC(C)(C)OC(=O)NC(CCCOS(C)(=O)=O)c1ccc(Cl)cc1. The van der Waals surface area contributed by atoms with Crippen LogP contribution < -0.4 is 5.32 Å². The van der Waals surface area contributed by atoms with E-state index < -0.39 is 21.8 Å². The summed E-state index contributed by atoms with van der Waals surface area (Å²) in [7, 11) is -3.47. The average molecular weight is 378 g/mol. The van der Waals surface area contributed by atoms with Crippen LogP contribution in [0.2, 0.25) is 5.02 Å². The molecule has 0 aliphatic heterocycles. The first kappa shape index (κ1) is 20.7. The molecule has 0 spiro atoms. The second-order valence-electron chi connectivity index (χ2n) is 6.42. The number of nitrogens with one attached hydrogen (secondary N) is 1. The molecule has 1 N–H and O–H groups in total. The van der Waals surface area contributed by atoms with E-state index in [-0.39, 0.29) is 12.6 Å². The van der Waals surface area contributed by atoms with Crippen molar-refractivity contribution in [1.29, 1.82) is 0 Å². The zero-order valence-corrected chi connectivity index (χ0v) is 15.9. The van der Waals surface area contributed by atoms with Gasteiger partial charge in [0.2, 0.25) is 0 Å². The summed E-state index contributed by atoms with van der Waals surface area (Å²) in [5.41, 5.74) is 0.248. The summed E-state index contributed by atoms with van der Waals surface area (Å²) in [5, 5.41) is 3.39. The summed E-state index contributed by atoms with van der Waals surface area (Å²) in [4.78, 5) is 12.0. The van der Waals surface area contributed by atoms with Crippen molar-refractivity contribution < 1.29 is 22.1 Å². The zero-order chi connectivity index (χ0) is 18.4. The van der Waals surface area contributed by atoms with Crippen LogP contribution in [-0.4, -0.2) is 33.0 Å². The Kier molecular flexibility index (Phi) is 7.51. The van der Waals surface area contributed by atoms with Gasteiger partial charge in [0.1, 0.15) is 5.60 Å². The first-order chi connectivity index (χ1) is 11.0. The molecule has 0 radical (unpaired) electrons. The lowest BCUT2D eigenvalue weighted by Gasteiger charge is -2.24. The molecule has 0 bridgehead atoms. The number of alkyl carbamates (subject to hydrolysis) is 1. The van der Waals surface area contributed by atoms with E-state index in [0.717, 1.165) is 11.8 Å². The minimum atomic E-state index is -3.47. The number of carbonyl (C=O) groups excluding carboxylic acids is 1. The molecule has 1 amide bonds. The van der Waals surface area contributed by atoms with E-state index in [0.29, 0.717) is 17.9 Å². The van der Waals surface area contributed by atoms with Gasteiger partial charge in [0.15, 0.2) is 0 Å². The highest BCUT2D eigenvalue weighted by atomic mass is 35.5. The van der Waals surface area contributed by atoms with Crippen LogP contribution in [0.15, 0.2) is 24.3 Å². The highest BCUT2D eigenvalue weighted by Crippen LogP contribution is 2.22. The number of hydrogen-bond donors (Lipinski definition) is 1. The third-order valence-electron chi connectivity index (χ3n) is 2.90. The standard InChI is InChI=1S/C16H24ClNO5S/c1-16(2,3)23-15(19)18-14(6-5-11-22-24(4,20)21)12-7-9-13(17)10-8-12/h7-10,14H,5-6,11H2,1-4H3,(H,18,19). The summed E-state index contributed by atoms with van der Waals surface area (Å²) in [6.07, 6.45) is 1.42. The number of hydrogen-bond acceptors (Lipinski definition) is 5. The lowest BCUT2D eigenvalue weighted by molar-refractivity contribution is 0.0499. The fourth-order valence-corrected chi connectivity index (χ4v) is 2.51. The second-order valence-corrected chi connectivity index (χ2v) is 8.50. The molecular weight excluding hydrogens is 354 g/mol. The predicted molar refractivity (Wildman–Crippen MR) is 93.6 cm³/mol. The molecule has 1 rings (SSSR count). The smallest absolute Gasteiger partial charge is 0.408 e. The van der Waals surface area contributed by atoms with Crippen molar-refractivity contribution in [2.45, 2.75) is 45.3 Å². The summed E-state index contributed by atoms with van der Waals surface area (Å²) < 4.78 is 32.0. The molecule has 0 aromatic heterocycles. The summed E-state index contributed by atoms with van der Waals surface area (Å²) in [6, 6.07) is 6.74. The van der Waals surface area contributed by atoms with Crippen LogP contribution in [0, 0.1) is 0 Å². The van der Waals surface area contributed by atoms with E-state index in [9.17, 15) is 13.2 Å². The van der Waals surface area contributed by atoms with Crippen LogP contribution >= 0.6 is 11.6 Å². The van der Waals surface area contributed by atoms with Gasteiger partial charge in [-0.1, -0.05) is 23.7 Å². The van der Waals surface area contributed by atoms with E-state index in [2.05, 4.69) is 5.32 Å². The Labute approximate surface area is 148 Å². The molecule has 0 saturated heterocycles. The van der Waals surface area contributed by atoms with Gasteiger partial charge in [-0.05, 0) is 51.3 Å². The maximum atomic E-state index is 12.0. The van der Waals surface area contributed by atoms with E-state index >= 15 is 0 Å². The summed E-state index contributed by atoms with van der Waals surface area (Å²) in [5.74, 6) is 0. The first-order valence-electron chi connectivity index (χ1n) is 7.56. The molecule has 0 aliphatic carbocycles. The van der Waals surface area contributed by atoms with Crippen LogP contribution in [0.25, 0.3) is 0 Å². The van der Waals surface area contributed by atoms with Gasteiger partial charge in [0, 0.05) is 5.02 Å². The molecule has 1 atom stereocenters. The number of carbonyl (C=O) groups is 1. The molecule has 8 heteroatoms. The summed E-state index contributed by atoms with van der Waals surface area (Å²) >= 11 is 5.89. The highest BCUT2D eigenvalue weighted by molar-refractivity contribution is 7.85. The molecule has 6 nitrogen and oxygen atoms in total. The van der Waals surface area contributed by atoms with Gasteiger partial charge in [-0.3, -0.25) is 4.18 Å². The number of rotatable bonds is 7. The Morgan fingerprint density at radius 1 is 1.25 bits per heavy atom. The van der Waals surface area contributed by atoms with Crippen LogP contribution in [0.4, 0.5) is 4.79 Å². The third kappa shape index (κ3) is 9.10. The Bertz CT molecular complexity index is 637. The lowest BCUT2D eigenvalue weighted by atomic mass is 10.0. The van der Waals surface area contributed by atoms with Crippen molar-refractivity contribution in [1.82, 2.24) is 5.32 Å². The normalized spacial score (nSPS) is 13.4. The van der Waals surface area contributed by atoms with Gasteiger partial charge >= 0.3 is 6.09 Å². The van der Waals surface area contributed by atoms with Gasteiger partial charge in [-0.15, -0.1) is 0 Å². The zero-order valence-electron chi connectivity index (χ0n) is 14.3. The molecule has 0 heterocycles. The van der Waals surface area contributed by atoms with Crippen LogP contribution in [0.5, 0.6) is 0 Å². The van der Waals surface area contributed by atoms with Gasteiger partial charge in [-0.2, -0.15) is 8.42 Å². The molecule has 1 unspecified atom stereocenters. The Balaban J connectivity index is 2.72. The van der Waals surface area contributed by atoms with E-state index in [1.165, 1.54) is 0 Å². The molecular formula is C16H24ClNO5S. The predicted octanol–water partition coefficient (Wildman–Crippen LogP) is 3.66. The lowest BCUT2D eigenvalue weighted by Crippen LogP contribution is -2.35. The van der Waals surface area contributed by atoms with Crippen molar-refractivity contribution in [3.8, 4) is 0 Å². The minimum Gasteiger partial charge on any atom is -0.444 e. The van der Waals surface area contributed by atoms with Crippen molar-refractivity contribution in [2.75, 3.05) is 12.9 Å². The fourth-order valence-electron chi connectivity index (χ4n) is 1.96. The van der Waals surface area contributed by atoms with Crippen LogP contribution in [0.1, 0.15) is 45.2 Å². The Hall–Kier alpha value is -1.31. The fraction of sp³-hybridized carbons (Fsp3) is 0.562. The van der Waals surface area contributed by atoms with Gasteiger partial charge in [0.25, 0.3) is 10.1 Å². The van der Waals surface area contributed by atoms with Crippen molar-refractivity contribution in [2.24, 2.45) is 0 Å². The number of benzene rings is 1. The monoisotopic (exact) mass is 377 g/mol. The second kappa shape index (κ2) is 8.69. The first-order valence-corrected chi connectivity index (χ1v) is 9.75. The Morgan fingerprint density at radius 2 is 1.83 bits per heavy atom. The molecule has 1 aromatic carbocycles. The number of amides is 1. The maximum absolute atomic E-state index is 12.0. The molecule has 1 aromatic rings. The molecule has 0 fully saturated rings. The van der Waals surface area contributed by atoms with Crippen LogP contribution in [-0.2, 0) is 19.0 Å². The van der Waals surface area contributed by atoms with Gasteiger partial charge in [-0.25, -0.2) is 4.79 Å². The van der Waals surface area contributed by atoms with E-state index in [1.54, 1.807) is 32.9 Å². The van der Waals surface area contributed by atoms with Gasteiger partial charge in [0.05, 0.1) is 18.9 Å². The Morgan fingerprint density at radius 3 is 2.33 bits per heavy atom. The minimum absolute atomic E-state index is 0.0545. The van der Waals surface area contributed by atoms with Crippen molar-refractivity contribution >= 4 is 27.8 Å². The number of halogens is 1. The average Bonchev–Trinajstić information content (AvgIpc) is 2.40. The third-order valence-corrected chi connectivity index (χ3v) is 3.74. The molecule has 136 valence electrons. The van der Waals surface area contributed by atoms with Gasteiger partial charge < -0.3 is 10.1 Å². The highest BCUT2D eigenvalue weighted by Gasteiger charge is 2.20. The van der Waals surface area contributed by atoms with Crippen LogP contribution in [0.3, 0.4) is 0 Å². The largest absolute Gasteiger partial charge is 0.444 e. The molecule has 0 aliphatic rings. The maximum Gasteiger partial charge on any atom is 0.408 e. The molecule has 0 saturated carbocycles. The summed E-state index contributed by atoms with van der Waals surface area (Å²) in [6.45, 7) is 5.40. The van der Waals surface area contributed by atoms with Crippen molar-refractivity contribution in [3.05, 3.63) is 34.9 Å².